The topological polar surface area (TPSA) is 25.8 Å². The highest BCUT2D eigenvalue weighted by molar-refractivity contribution is 5.67. The van der Waals surface area contributed by atoms with E-state index in [1.165, 1.54) is 0 Å². The minimum Gasteiger partial charge on any atom is -0.264 e. The maximum absolute atomic E-state index is 4.18. The molecule has 0 aliphatic heterocycles. The Morgan fingerprint density at radius 2 is 2.07 bits per heavy atom. The van der Waals surface area contributed by atoms with Crippen LogP contribution in [0.2, 0.25) is 0 Å². The van der Waals surface area contributed by atoms with Crippen molar-refractivity contribution in [2.75, 3.05) is 0 Å². The van der Waals surface area contributed by atoms with Crippen LogP contribution in [-0.2, 0) is 0 Å². The van der Waals surface area contributed by atoms with E-state index >= 15 is 0 Å². The number of rotatable bonds is 1. The van der Waals surface area contributed by atoms with Crippen LogP contribution in [-0.4, -0.2) is 9.97 Å². The van der Waals surface area contributed by atoms with Gasteiger partial charge < -0.3 is 0 Å². The molecule has 0 aliphatic rings. The molecule has 2 heterocycles. The summed E-state index contributed by atoms with van der Waals surface area (Å²) >= 11 is 0. The lowest BCUT2D eigenvalue weighted by Crippen LogP contribution is -1.90. The Morgan fingerprint density at radius 1 is 1.21 bits per heavy atom. The first-order chi connectivity index (χ1) is 6.79. The summed E-state index contributed by atoms with van der Waals surface area (Å²) in [5, 5.41) is 0. The summed E-state index contributed by atoms with van der Waals surface area (Å²) in [7, 11) is 0. The molecule has 0 fully saturated rings. The predicted molar refractivity (Wildman–Crippen MR) is 56.7 cm³/mol. The van der Waals surface area contributed by atoms with Crippen LogP contribution < -0.4 is 0 Å². The van der Waals surface area contributed by atoms with Gasteiger partial charge in [-0.2, -0.15) is 0 Å². The quantitative estimate of drug-likeness (QED) is 0.679. The Morgan fingerprint density at radius 3 is 2.79 bits per heavy atom. The van der Waals surface area contributed by atoms with Gasteiger partial charge in [-0.15, -0.1) is 0 Å². The molecule has 2 heteroatoms. The van der Waals surface area contributed by atoms with Crippen LogP contribution in [0, 0.1) is 13.8 Å². The molecule has 0 atom stereocenters. The van der Waals surface area contributed by atoms with Crippen molar-refractivity contribution in [2.45, 2.75) is 6.92 Å². The van der Waals surface area contributed by atoms with Gasteiger partial charge in [-0.3, -0.25) is 9.97 Å². The molecule has 0 aromatic carbocycles. The number of aromatic nitrogens is 2. The Hall–Kier alpha value is -1.70. The van der Waals surface area contributed by atoms with Gasteiger partial charge in [0.05, 0.1) is 0 Å². The molecule has 69 valence electrons. The highest BCUT2D eigenvalue weighted by atomic mass is 14.7. The molecule has 0 unspecified atom stereocenters. The van der Waals surface area contributed by atoms with E-state index in [9.17, 15) is 0 Å². The summed E-state index contributed by atoms with van der Waals surface area (Å²) in [6, 6.07) is 5.91. The van der Waals surface area contributed by atoms with E-state index in [0.717, 1.165) is 22.4 Å². The van der Waals surface area contributed by atoms with Gasteiger partial charge in [-0.1, -0.05) is 6.07 Å². The van der Waals surface area contributed by atoms with Gasteiger partial charge in [0.15, 0.2) is 0 Å². The van der Waals surface area contributed by atoms with Gasteiger partial charge in [-0.25, -0.2) is 0 Å². The van der Waals surface area contributed by atoms with Crippen molar-refractivity contribution in [1.82, 2.24) is 9.97 Å². The monoisotopic (exact) mass is 183 g/mol. The van der Waals surface area contributed by atoms with Gasteiger partial charge in [0.2, 0.25) is 0 Å². The minimum atomic E-state index is 0.964. The van der Waals surface area contributed by atoms with Crippen LogP contribution in [0.3, 0.4) is 0 Å². The molecule has 0 saturated heterocycles. The Bertz CT molecular complexity index is 435. The molecule has 0 amide bonds. The first-order valence-electron chi connectivity index (χ1n) is 4.47. The van der Waals surface area contributed by atoms with Crippen LogP contribution in [0.1, 0.15) is 11.3 Å². The van der Waals surface area contributed by atoms with Gasteiger partial charge in [0.1, 0.15) is 0 Å². The first-order valence-corrected chi connectivity index (χ1v) is 4.47. The number of hydrogen-bond donors (Lipinski definition) is 0. The largest absolute Gasteiger partial charge is 0.264 e. The molecule has 0 aliphatic carbocycles. The maximum atomic E-state index is 4.18. The molecule has 1 radical (unpaired) electrons. The third kappa shape index (κ3) is 1.51. The lowest BCUT2D eigenvalue weighted by Gasteiger charge is -2.06. The number of hydrogen-bond acceptors (Lipinski definition) is 2. The van der Waals surface area contributed by atoms with Crippen molar-refractivity contribution in [3.8, 4) is 11.1 Å². The van der Waals surface area contributed by atoms with Crippen LogP contribution in [0.5, 0.6) is 0 Å². The highest BCUT2D eigenvalue weighted by Crippen LogP contribution is 2.22. The summed E-state index contributed by atoms with van der Waals surface area (Å²) in [6.07, 6.45) is 5.40. The third-order valence-electron chi connectivity index (χ3n) is 2.24. The molecule has 0 bridgehead atoms. The molecule has 2 aromatic heterocycles. The van der Waals surface area contributed by atoms with Crippen LogP contribution >= 0.6 is 0 Å². The Kier molecular flexibility index (Phi) is 2.27. The van der Waals surface area contributed by atoms with E-state index in [4.69, 9.17) is 0 Å². The van der Waals surface area contributed by atoms with Crippen LogP contribution in [0.15, 0.2) is 36.8 Å². The van der Waals surface area contributed by atoms with Crippen molar-refractivity contribution < 1.29 is 0 Å². The predicted octanol–water partition coefficient (Wildman–Crippen LogP) is 2.63. The average molecular weight is 183 g/mol. The van der Waals surface area contributed by atoms with Gasteiger partial charge >= 0.3 is 0 Å². The summed E-state index contributed by atoms with van der Waals surface area (Å²) in [5.41, 5.74) is 4.13. The molecule has 0 saturated carbocycles. The molecule has 0 spiro atoms. The van der Waals surface area contributed by atoms with Gasteiger partial charge in [0, 0.05) is 29.8 Å². The standard InChI is InChI=1S/C12H11N2/c1-9-10(2)14-7-5-12(9)11-4-3-6-13-8-11/h3-8H,1H2,2H3. The van der Waals surface area contributed by atoms with E-state index < -0.39 is 0 Å². The maximum Gasteiger partial charge on any atom is 0.0410 e. The van der Waals surface area contributed by atoms with E-state index in [2.05, 4.69) is 16.9 Å². The third-order valence-corrected chi connectivity index (χ3v) is 2.24. The molecule has 2 nitrogen and oxygen atoms in total. The zero-order valence-corrected chi connectivity index (χ0v) is 8.07. The fourth-order valence-corrected chi connectivity index (χ4v) is 1.39. The van der Waals surface area contributed by atoms with Gasteiger partial charge in [0.25, 0.3) is 0 Å². The summed E-state index contributed by atoms with van der Waals surface area (Å²) in [6.45, 7) is 5.97. The van der Waals surface area contributed by atoms with E-state index in [1.807, 2.05) is 31.3 Å². The zero-order valence-electron chi connectivity index (χ0n) is 8.07. The first kappa shape index (κ1) is 8.88. The molecular formula is C12H11N2. The highest BCUT2D eigenvalue weighted by Gasteiger charge is 2.03. The second-order valence-corrected chi connectivity index (χ2v) is 3.16. The summed E-state index contributed by atoms with van der Waals surface area (Å²) in [4.78, 5) is 8.27. The van der Waals surface area contributed by atoms with Crippen LogP contribution in [0.25, 0.3) is 11.1 Å². The molecular weight excluding hydrogens is 172 g/mol. The second-order valence-electron chi connectivity index (χ2n) is 3.16. The van der Waals surface area contributed by atoms with E-state index in [1.54, 1.807) is 12.4 Å². The minimum absolute atomic E-state index is 0.964. The van der Waals surface area contributed by atoms with E-state index in [0.29, 0.717) is 0 Å². The Balaban J connectivity index is 2.58. The molecule has 2 rings (SSSR count). The average Bonchev–Trinajstić information content (AvgIpc) is 2.23. The fourth-order valence-electron chi connectivity index (χ4n) is 1.39. The normalized spacial score (nSPS) is 10.1. The van der Waals surface area contributed by atoms with Crippen molar-refractivity contribution in [1.29, 1.82) is 0 Å². The lowest BCUT2D eigenvalue weighted by atomic mass is 10.0. The summed E-state index contributed by atoms with van der Waals surface area (Å²) in [5.74, 6) is 0. The van der Waals surface area contributed by atoms with Crippen LogP contribution in [0.4, 0.5) is 0 Å². The van der Waals surface area contributed by atoms with Crippen molar-refractivity contribution in [3.05, 3.63) is 55.0 Å². The second kappa shape index (κ2) is 3.58. The molecule has 0 N–H and O–H groups in total. The lowest BCUT2D eigenvalue weighted by molar-refractivity contribution is 1.18. The SMILES string of the molecule is [CH2]c1c(-c2cccnc2)ccnc1C. The summed E-state index contributed by atoms with van der Waals surface area (Å²) < 4.78 is 0. The van der Waals surface area contributed by atoms with E-state index in [-0.39, 0.29) is 0 Å². The fraction of sp³-hybridized carbons (Fsp3) is 0.0833. The molecule has 2 aromatic rings. The number of aryl methyl sites for hydroxylation is 1. The van der Waals surface area contributed by atoms with Crippen molar-refractivity contribution in [2.24, 2.45) is 0 Å². The number of nitrogens with zero attached hydrogens (tertiary/aromatic N) is 2. The Labute approximate surface area is 83.7 Å². The number of pyridine rings is 2. The zero-order chi connectivity index (χ0) is 9.97. The van der Waals surface area contributed by atoms with Crippen molar-refractivity contribution in [3.63, 3.8) is 0 Å². The smallest absolute Gasteiger partial charge is 0.0410 e. The van der Waals surface area contributed by atoms with Gasteiger partial charge in [-0.05, 0) is 37.1 Å². The molecule has 14 heavy (non-hydrogen) atoms. The van der Waals surface area contributed by atoms with Crippen molar-refractivity contribution >= 4 is 0 Å².